The maximum atomic E-state index is 13.2. The lowest BCUT2D eigenvalue weighted by atomic mass is 9.94. The number of para-hydroxylation sites is 1. The second-order valence-electron chi connectivity index (χ2n) is 6.91. The van der Waals surface area contributed by atoms with Crippen molar-refractivity contribution in [3.05, 3.63) is 30.3 Å². The van der Waals surface area contributed by atoms with E-state index < -0.39 is 12.0 Å². The van der Waals surface area contributed by atoms with Gasteiger partial charge in [0.05, 0.1) is 12.3 Å². The third-order valence-corrected chi connectivity index (χ3v) is 5.20. The Balaban J connectivity index is 1.81. The zero-order chi connectivity index (χ0) is 18.5. The summed E-state index contributed by atoms with van der Waals surface area (Å²) in [5.74, 6) is -0.423. The lowest BCUT2D eigenvalue weighted by Crippen LogP contribution is -2.48. The smallest absolute Gasteiger partial charge is 0.354 e. The molecule has 1 unspecified atom stereocenters. The van der Waals surface area contributed by atoms with Gasteiger partial charge in [0.15, 0.2) is 0 Å². The largest absolute Gasteiger partial charge is 0.461 e. The molecule has 1 saturated carbocycles. The first kappa shape index (κ1) is 18.4. The van der Waals surface area contributed by atoms with E-state index in [4.69, 9.17) is 4.74 Å². The number of carbonyl (C=O) groups is 2. The molecule has 1 atom stereocenters. The molecule has 0 aromatic heterocycles. The summed E-state index contributed by atoms with van der Waals surface area (Å²) in [5, 5.41) is 6.11. The summed E-state index contributed by atoms with van der Waals surface area (Å²) in [6.45, 7) is 2.06. The summed E-state index contributed by atoms with van der Waals surface area (Å²) in [7, 11) is 1.88. The van der Waals surface area contributed by atoms with Crippen molar-refractivity contribution in [3.63, 3.8) is 0 Å². The van der Waals surface area contributed by atoms with Gasteiger partial charge in [-0.2, -0.15) is 5.10 Å². The molecule has 26 heavy (non-hydrogen) atoms. The second-order valence-corrected chi connectivity index (χ2v) is 6.91. The fraction of sp³-hybridized carbons (Fsp3) is 0.550. The Labute approximate surface area is 154 Å². The lowest BCUT2D eigenvalue weighted by molar-refractivity contribution is -0.135. The number of nitrogens with zero attached hydrogens (tertiary/aromatic N) is 3. The second kappa shape index (κ2) is 8.34. The molecular formula is C20H27N3O3. The van der Waals surface area contributed by atoms with Crippen molar-refractivity contribution in [3.8, 4) is 0 Å². The maximum Gasteiger partial charge on any atom is 0.354 e. The summed E-state index contributed by atoms with van der Waals surface area (Å²) in [5.41, 5.74) is 1.12. The minimum Gasteiger partial charge on any atom is -0.461 e. The van der Waals surface area contributed by atoms with Gasteiger partial charge in [0, 0.05) is 19.5 Å². The van der Waals surface area contributed by atoms with Crippen LogP contribution in [0.4, 0.5) is 5.69 Å². The van der Waals surface area contributed by atoms with Crippen LogP contribution >= 0.6 is 0 Å². The normalized spacial score (nSPS) is 20.6. The Morgan fingerprint density at radius 3 is 2.54 bits per heavy atom. The SMILES string of the molecule is CCOC(=O)C1=NN(c2ccccc2)C(C(=O)N(C)C2CCCCC2)C1. The number of hydrazone groups is 1. The number of esters is 1. The highest BCUT2D eigenvalue weighted by molar-refractivity contribution is 6.38. The van der Waals surface area contributed by atoms with Gasteiger partial charge in [-0.15, -0.1) is 0 Å². The first-order valence-electron chi connectivity index (χ1n) is 9.47. The highest BCUT2D eigenvalue weighted by Crippen LogP contribution is 2.28. The predicted molar refractivity (Wildman–Crippen MR) is 101 cm³/mol. The molecule has 1 aromatic rings. The van der Waals surface area contributed by atoms with Crippen LogP contribution in [0.1, 0.15) is 45.4 Å². The van der Waals surface area contributed by atoms with E-state index in [1.54, 1.807) is 11.9 Å². The summed E-state index contributed by atoms with van der Waals surface area (Å²) in [4.78, 5) is 27.2. The van der Waals surface area contributed by atoms with Crippen LogP contribution < -0.4 is 5.01 Å². The van der Waals surface area contributed by atoms with Gasteiger partial charge in [0.2, 0.25) is 5.91 Å². The fourth-order valence-corrected chi connectivity index (χ4v) is 3.74. The monoisotopic (exact) mass is 357 g/mol. The molecule has 2 aliphatic rings. The quantitative estimate of drug-likeness (QED) is 0.760. The van der Waals surface area contributed by atoms with E-state index in [9.17, 15) is 9.59 Å². The van der Waals surface area contributed by atoms with Gasteiger partial charge < -0.3 is 9.64 Å². The number of benzene rings is 1. The van der Waals surface area contributed by atoms with E-state index in [-0.39, 0.29) is 18.4 Å². The third kappa shape index (κ3) is 3.89. The Morgan fingerprint density at radius 1 is 1.19 bits per heavy atom. The Kier molecular flexibility index (Phi) is 5.91. The molecule has 1 fully saturated rings. The van der Waals surface area contributed by atoms with Crippen molar-refractivity contribution in [2.45, 2.75) is 57.5 Å². The average Bonchev–Trinajstić information content (AvgIpc) is 3.14. The first-order valence-corrected chi connectivity index (χ1v) is 9.47. The number of hydrogen-bond acceptors (Lipinski definition) is 5. The van der Waals surface area contributed by atoms with Crippen LogP contribution in [0.3, 0.4) is 0 Å². The number of amides is 1. The van der Waals surface area contributed by atoms with Crippen LogP contribution in [0.15, 0.2) is 35.4 Å². The molecule has 0 bridgehead atoms. The van der Waals surface area contributed by atoms with Crippen molar-refractivity contribution in [1.82, 2.24) is 4.90 Å². The number of rotatable bonds is 5. The summed E-state index contributed by atoms with van der Waals surface area (Å²) >= 11 is 0. The van der Waals surface area contributed by atoms with Crippen molar-refractivity contribution in [2.24, 2.45) is 5.10 Å². The Hall–Kier alpha value is -2.37. The van der Waals surface area contributed by atoms with Crippen LogP contribution in [0.2, 0.25) is 0 Å². The number of anilines is 1. The molecule has 1 aliphatic carbocycles. The van der Waals surface area contributed by atoms with Crippen molar-refractivity contribution in [1.29, 1.82) is 0 Å². The Bertz CT molecular complexity index is 668. The average molecular weight is 357 g/mol. The molecule has 1 aromatic carbocycles. The van der Waals surface area contributed by atoms with Crippen molar-refractivity contribution in [2.75, 3.05) is 18.7 Å². The van der Waals surface area contributed by atoms with E-state index in [2.05, 4.69) is 5.10 Å². The van der Waals surface area contributed by atoms with Gasteiger partial charge in [0.25, 0.3) is 0 Å². The number of likely N-dealkylation sites (N-methyl/N-ethyl adjacent to an activating group) is 1. The first-order chi connectivity index (χ1) is 12.6. The summed E-state index contributed by atoms with van der Waals surface area (Å²) < 4.78 is 5.09. The zero-order valence-corrected chi connectivity index (χ0v) is 15.6. The Morgan fingerprint density at radius 2 is 1.88 bits per heavy atom. The number of hydrogen-bond donors (Lipinski definition) is 0. The molecule has 6 heteroatoms. The predicted octanol–water partition coefficient (Wildman–Crippen LogP) is 2.98. The van der Waals surface area contributed by atoms with E-state index in [0.717, 1.165) is 18.5 Å². The van der Waals surface area contributed by atoms with Crippen molar-refractivity contribution >= 4 is 23.3 Å². The maximum absolute atomic E-state index is 13.2. The topological polar surface area (TPSA) is 62.2 Å². The van der Waals surface area contributed by atoms with Crippen molar-refractivity contribution < 1.29 is 14.3 Å². The van der Waals surface area contributed by atoms with Gasteiger partial charge in [-0.05, 0) is 31.9 Å². The zero-order valence-electron chi connectivity index (χ0n) is 15.6. The fourth-order valence-electron chi connectivity index (χ4n) is 3.74. The number of carbonyl (C=O) groups excluding carboxylic acids is 2. The van der Waals surface area contributed by atoms with Crippen LogP contribution in [0, 0.1) is 0 Å². The standard InChI is InChI=1S/C20H27N3O3/c1-3-26-20(25)17-14-18(23(21-17)16-12-8-5-9-13-16)19(24)22(2)15-10-6-4-7-11-15/h5,8-9,12-13,15,18H,3-4,6-7,10-11,14H2,1-2H3. The van der Waals surface area contributed by atoms with E-state index in [0.29, 0.717) is 12.3 Å². The van der Waals surface area contributed by atoms with Crippen LogP contribution in [0.25, 0.3) is 0 Å². The van der Waals surface area contributed by atoms with E-state index in [1.807, 2.05) is 42.3 Å². The van der Waals surface area contributed by atoms with Gasteiger partial charge in [0.1, 0.15) is 11.8 Å². The number of ether oxygens (including phenoxy) is 1. The van der Waals surface area contributed by atoms with Crippen LogP contribution in [-0.2, 0) is 14.3 Å². The van der Waals surface area contributed by atoms with Crippen LogP contribution in [0.5, 0.6) is 0 Å². The minimum absolute atomic E-state index is 0.0174. The molecule has 1 aliphatic heterocycles. The lowest BCUT2D eigenvalue weighted by Gasteiger charge is -2.34. The summed E-state index contributed by atoms with van der Waals surface area (Å²) in [6, 6.07) is 9.31. The molecule has 1 amide bonds. The molecule has 0 radical (unpaired) electrons. The molecule has 140 valence electrons. The molecule has 3 rings (SSSR count). The molecule has 0 N–H and O–H groups in total. The molecule has 1 heterocycles. The third-order valence-electron chi connectivity index (χ3n) is 5.20. The van der Waals surface area contributed by atoms with Gasteiger partial charge in [-0.1, -0.05) is 37.5 Å². The minimum atomic E-state index is -0.497. The highest BCUT2D eigenvalue weighted by atomic mass is 16.5. The highest BCUT2D eigenvalue weighted by Gasteiger charge is 2.39. The molecule has 6 nitrogen and oxygen atoms in total. The van der Waals surface area contributed by atoms with Gasteiger partial charge in [-0.3, -0.25) is 9.80 Å². The van der Waals surface area contributed by atoms with E-state index >= 15 is 0 Å². The van der Waals surface area contributed by atoms with Gasteiger partial charge in [-0.25, -0.2) is 4.79 Å². The molecular weight excluding hydrogens is 330 g/mol. The van der Waals surface area contributed by atoms with Crippen LogP contribution in [-0.4, -0.2) is 48.2 Å². The molecule has 0 saturated heterocycles. The summed E-state index contributed by atoms with van der Waals surface area (Å²) in [6.07, 6.45) is 5.95. The van der Waals surface area contributed by atoms with Gasteiger partial charge >= 0.3 is 5.97 Å². The van der Waals surface area contributed by atoms with E-state index in [1.165, 1.54) is 19.3 Å². The molecule has 0 spiro atoms.